The lowest BCUT2D eigenvalue weighted by Crippen LogP contribution is -2.13. The summed E-state index contributed by atoms with van der Waals surface area (Å²) in [5.41, 5.74) is 0.0301. The summed E-state index contributed by atoms with van der Waals surface area (Å²) in [6.45, 7) is 0. The molecule has 0 unspecified atom stereocenters. The van der Waals surface area contributed by atoms with Crippen LogP contribution >= 0.6 is 0 Å². The molecule has 0 amide bonds. The van der Waals surface area contributed by atoms with Gasteiger partial charge >= 0.3 is 6.18 Å². The van der Waals surface area contributed by atoms with E-state index < -0.39 is 21.8 Å². The Morgan fingerprint density at radius 1 is 1.12 bits per heavy atom. The Morgan fingerprint density at radius 2 is 1.92 bits per heavy atom. The Balaban J connectivity index is 1.78. The van der Waals surface area contributed by atoms with Crippen molar-refractivity contribution in [3.05, 3.63) is 54.4 Å². The smallest absolute Gasteiger partial charge is 0.360 e. The van der Waals surface area contributed by atoms with E-state index in [0.717, 1.165) is 23.6 Å². The van der Waals surface area contributed by atoms with E-state index in [-0.39, 0.29) is 15.8 Å². The highest BCUT2D eigenvalue weighted by molar-refractivity contribution is 7.93. The van der Waals surface area contributed by atoms with Gasteiger partial charge in [0.2, 0.25) is 0 Å². The van der Waals surface area contributed by atoms with Crippen molar-refractivity contribution in [1.82, 2.24) is 15.2 Å². The number of aromatic nitrogens is 3. The molecular formula is C16H11F3N4O2S. The second-order valence-electron chi connectivity index (χ2n) is 5.66. The minimum Gasteiger partial charge on any atom is -0.360 e. The second-order valence-corrected chi connectivity index (χ2v) is 7.31. The number of nitrogens with one attached hydrogen (secondary N) is 3. The number of para-hydroxylation sites is 1. The first kappa shape index (κ1) is 16.5. The minimum absolute atomic E-state index is 0.0833. The number of fused-ring (bicyclic) bond motifs is 2. The fraction of sp³-hybridized carbons (Fsp3) is 0.0625. The van der Waals surface area contributed by atoms with Crippen molar-refractivity contribution >= 4 is 37.5 Å². The number of hydrogen-bond donors (Lipinski definition) is 3. The third-order valence-electron chi connectivity index (χ3n) is 3.98. The summed E-state index contributed by atoms with van der Waals surface area (Å²) in [5, 5.41) is 7.46. The molecule has 0 saturated heterocycles. The van der Waals surface area contributed by atoms with E-state index in [4.69, 9.17) is 0 Å². The molecule has 0 spiro atoms. The third kappa shape index (κ3) is 2.68. The zero-order valence-corrected chi connectivity index (χ0v) is 13.7. The topological polar surface area (TPSA) is 90.6 Å². The van der Waals surface area contributed by atoms with Gasteiger partial charge in [0.15, 0.2) is 0 Å². The van der Waals surface area contributed by atoms with Crippen LogP contribution in [0.4, 0.5) is 18.9 Å². The molecule has 0 saturated carbocycles. The van der Waals surface area contributed by atoms with E-state index in [1.165, 1.54) is 6.20 Å². The molecule has 0 bridgehead atoms. The maximum absolute atomic E-state index is 12.8. The van der Waals surface area contributed by atoms with Crippen molar-refractivity contribution in [3.8, 4) is 0 Å². The first-order valence-electron chi connectivity index (χ1n) is 7.39. The maximum atomic E-state index is 12.8. The van der Waals surface area contributed by atoms with Gasteiger partial charge in [-0.25, -0.2) is 8.42 Å². The summed E-state index contributed by atoms with van der Waals surface area (Å²) in [4.78, 5) is 2.44. The van der Waals surface area contributed by atoms with Gasteiger partial charge in [-0.1, -0.05) is 18.2 Å². The molecule has 2 aromatic heterocycles. The van der Waals surface area contributed by atoms with Crippen molar-refractivity contribution in [3.63, 3.8) is 0 Å². The molecule has 0 aliphatic carbocycles. The number of halogens is 3. The van der Waals surface area contributed by atoms with E-state index in [0.29, 0.717) is 11.2 Å². The quantitative estimate of drug-likeness (QED) is 0.504. The van der Waals surface area contributed by atoms with E-state index in [1.807, 2.05) is 0 Å². The van der Waals surface area contributed by atoms with Crippen LogP contribution in [-0.4, -0.2) is 23.6 Å². The molecule has 0 fully saturated rings. The highest BCUT2D eigenvalue weighted by Crippen LogP contribution is 2.33. The molecule has 4 rings (SSSR count). The number of anilines is 1. The lowest BCUT2D eigenvalue weighted by molar-refractivity contribution is -0.137. The van der Waals surface area contributed by atoms with Crippen molar-refractivity contribution in [2.24, 2.45) is 0 Å². The molecule has 3 N–H and O–H groups in total. The number of benzene rings is 2. The first-order chi connectivity index (χ1) is 12.3. The number of H-pyrrole nitrogens is 2. The van der Waals surface area contributed by atoms with Crippen LogP contribution in [0.25, 0.3) is 21.8 Å². The van der Waals surface area contributed by atoms with Crippen molar-refractivity contribution in [2.45, 2.75) is 11.1 Å². The van der Waals surface area contributed by atoms with Crippen LogP contribution in [0, 0.1) is 0 Å². The third-order valence-corrected chi connectivity index (χ3v) is 5.39. The Kier molecular flexibility index (Phi) is 3.48. The van der Waals surface area contributed by atoms with Crippen LogP contribution in [0.3, 0.4) is 0 Å². The van der Waals surface area contributed by atoms with E-state index in [2.05, 4.69) is 19.9 Å². The number of aromatic amines is 2. The standard InChI is InChI=1S/C16H11F3N4O2S/c17-16(18,19)10-4-5-11-13(6-10)20-8-14(11)26(24,25)23-12-3-1-2-9-7-21-22-15(9)12/h1-8,20,23H,(H,21,22). The minimum atomic E-state index is -4.51. The number of alkyl halides is 3. The summed E-state index contributed by atoms with van der Waals surface area (Å²) in [6.07, 6.45) is -1.79. The lowest BCUT2D eigenvalue weighted by atomic mass is 10.1. The van der Waals surface area contributed by atoms with Gasteiger partial charge in [-0.3, -0.25) is 9.82 Å². The highest BCUT2D eigenvalue weighted by Gasteiger charge is 2.31. The van der Waals surface area contributed by atoms with Crippen LogP contribution in [-0.2, 0) is 16.2 Å². The fourth-order valence-electron chi connectivity index (χ4n) is 2.75. The predicted molar refractivity (Wildman–Crippen MR) is 90.2 cm³/mol. The summed E-state index contributed by atoms with van der Waals surface area (Å²) in [6, 6.07) is 7.87. The summed E-state index contributed by atoms with van der Waals surface area (Å²) >= 11 is 0. The summed E-state index contributed by atoms with van der Waals surface area (Å²) in [5.74, 6) is 0. The molecule has 134 valence electrons. The zero-order chi connectivity index (χ0) is 18.5. The SMILES string of the molecule is O=S(=O)(Nc1cccc2cn[nH]c12)c1c[nH]c2cc(C(F)(F)F)ccc12. The average Bonchev–Trinajstić information content (AvgIpc) is 3.20. The lowest BCUT2D eigenvalue weighted by Gasteiger charge is -2.09. The average molecular weight is 380 g/mol. The van der Waals surface area contributed by atoms with Gasteiger partial charge in [-0.15, -0.1) is 0 Å². The fourth-order valence-corrected chi connectivity index (χ4v) is 4.00. The Bertz CT molecular complexity index is 1230. The van der Waals surface area contributed by atoms with Gasteiger partial charge in [0, 0.05) is 22.5 Å². The Labute approximate surface area is 145 Å². The van der Waals surface area contributed by atoms with E-state index >= 15 is 0 Å². The van der Waals surface area contributed by atoms with Crippen LogP contribution in [0.5, 0.6) is 0 Å². The zero-order valence-electron chi connectivity index (χ0n) is 12.9. The molecule has 2 aromatic carbocycles. The van der Waals surface area contributed by atoms with Crippen LogP contribution in [0.15, 0.2) is 53.7 Å². The number of sulfonamides is 1. The van der Waals surface area contributed by atoms with Crippen molar-refractivity contribution in [1.29, 1.82) is 0 Å². The van der Waals surface area contributed by atoms with Gasteiger partial charge < -0.3 is 4.98 Å². The summed E-state index contributed by atoms with van der Waals surface area (Å²) in [7, 11) is -4.02. The maximum Gasteiger partial charge on any atom is 0.416 e. The Morgan fingerprint density at radius 3 is 2.69 bits per heavy atom. The molecule has 6 nitrogen and oxygen atoms in total. The monoisotopic (exact) mass is 380 g/mol. The molecule has 0 aliphatic rings. The van der Waals surface area contributed by atoms with Crippen molar-refractivity contribution < 1.29 is 21.6 Å². The number of rotatable bonds is 3. The van der Waals surface area contributed by atoms with Gasteiger partial charge in [-0.2, -0.15) is 18.3 Å². The normalized spacial score (nSPS) is 12.7. The number of hydrogen-bond acceptors (Lipinski definition) is 3. The molecule has 2 heterocycles. The molecule has 4 aromatic rings. The van der Waals surface area contributed by atoms with Gasteiger partial charge in [0.05, 0.1) is 23.0 Å². The van der Waals surface area contributed by atoms with E-state index in [9.17, 15) is 21.6 Å². The number of nitrogens with zero attached hydrogens (tertiary/aromatic N) is 1. The first-order valence-corrected chi connectivity index (χ1v) is 8.87. The van der Waals surface area contributed by atoms with Crippen molar-refractivity contribution in [2.75, 3.05) is 4.72 Å². The van der Waals surface area contributed by atoms with Crippen LogP contribution in [0.1, 0.15) is 5.56 Å². The Hall–Kier alpha value is -3.01. The molecule has 0 aliphatic heterocycles. The molecule has 10 heteroatoms. The molecular weight excluding hydrogens is 369 g/mol. The van der Waals surface area contributed by atoms with Crippen LogP contribution < -0.4 is 4.72 Å². The van der Waals surface area contributed by atoms with Gasteiger partial charge in [0.1, 0.15) is 4.90 Å². The van der Waals surface area contributed by atoms with Gasteiger partial charge in [0.25, 0.3) is 10.0 Å². The summed E-state index contributed by atoms with van der Waals surface area (Å²) < 4.78 is 66.3. The largest absolute Gasteiger partial charge is 0.416 e. The second kappa shape index (κ2) is 5.49. The molecule has 0 radical (unpaired) electrons. The molecule has 0 atom stereocenters. The predicted octanol–water partition coefficient (Wildman–Crippen LogP) is 3.86. The van der Waals surface area contributed by atoms with E-state index in [1.54, 1.807) is 24.4 Å². The molecule has 26 heavy (non-hydrogen) atoms. The van der Waals surface area contributed by atoms with Crippen LogP contribution in [0.2, 0.25) is 0 Å². The highest BCUT2D eigenvalue weighted by atomic mass is 32.2. The van der Waals surface area contributed by atoms with Gasteiger partial charge in [-0.05, 0) is 18.2 Å².